The van der Waals surface area contributed by atoms with Crippen LogP contribution in [0.1, 0.15) is 66.8 Å². The van der Waals surface area contributed by atoms with Gasteiger partial charge in [-0.05, 0) is 74.4 Å². The number of aromatic nitrogens is 4. The molecule has 0 radical (unpaired) electrons. The van der Waals surface area contributed by atoms with E-state index in [1.165, 1.54) is 18.1 Å². The molecule has 3 atom stereocenters. The van der Waals surface area contributed by atoms with Crippen LogP contribution in [0.4, 0.5) is 9.18 Å². The molecule has 2 N–H and O–H groups in total. The highest BCUT2D eigenvalue weighted by Gasteiger charge is 2.38. The molecule has 8 rings (SSSR count). The molecule has 3 aliphatic rings. The maximum atomic E-state index is 16.3. The Balaban J connectivity index is 1.15. The average molecular weight is 689 g/mol. The summed E-state index contributed by atoms with van der Waals surface area (Å²) in [5, 5.41) is 5.00. The van der Waals surface area contributed by atoms with E-state index in [0.29, 0.717) is 52.1 Å². The Morgan fingerprint density at radius 1 is 1.19 bits per heavy atom. The summed E-state index contributed by atoms with van der Waals surface area (Å²) in [6, 6.07) is 9.88. The van der Waals surface area contributed by atoms with Crippen LogP contribution in [0.15, 0.2) is 42.6 Å². The minimum atomic E-state index is -0.738. The van der Waals surface area contributed by atoms with Crippen LogP contribution < -0.4 is 10.1 Å². The van der Waals surface area contributed by atoms with Crippen LogP contribution in [-0.4, -0.2) is 56.1 Å². The quantitative estimate of drug-likeness (QED) is 0.192. The van der Waals surface area contributed by atoms with Crippen LogP contribution in [0.2, 0.25) is 5.02 Å². The number of aromatic amines is 1. The number of benzene rings is 2. The molecule has 2 amide bonds. The number of carbonyl (C=O) groups excluding carboxylic acids is 2. The van der Waals surface area contributed by atoms with Gasteiger partial charge in [0.15, 0.2) is 5.01 Å². The highest BCUT2D eigenvalue weighted by atomic mass is 35.5. The van der Waals surface area contributed by atoms with Crippen molar-refractivity contribution in [3.63, 3.8) is 0 Å². The van der Waals surface area contributed by atoms with E-state index in [9.17, 15) is 9.59 Å². The van der Waals surface area contributed by atoms with Crippen molar-refractivity contribution in [1.82, 2.24) is 29.7 Å². The van der Waals surface area contributed by atoms with E-state index in [1.807, 2.05) is 48.7 Å². The van der Waals surface area contributed by atoms with Crippen molar-refractivity contribution < 1.29 is 23.5 Å². The molecule has 5 aromatic rings. The minimum absolute atomic E-state index is 0.145. The molecule has 2 aliphatic heterocycles. The van der Waals surface area contributed by atoms with E-state index in [4.69, 9.17) is 26.1 Å². The summed E-state index contributed by atoms with van der Waals surface area (Å²) in [5.74, 6) is 0.241. The van der Waals surface area contributed by atoms with Gasteiger partial charge in [0.25, 0.3) is 0 Å². The van der Waals surface area contributed by atoms with E-state index in [1.54, 1.807) is 22.4 Å². The van der Waals surface area contributed by atoms with Gasteiger partial charge >= 0.3 is 6.09 Å². The third kappa shape index (κ3) is 5.13. The van der Waals surface area contributed by atoms with Gasteiger partial charge in [0.1, 0.15) is 23.4 Å². The zero-order chi connectivity index (χ0) is 33.3. The number of methoxy groups -OCH3 is 1. The largest absolute Gasteiger partial charge is 0.462 e. The maximum Gasteiger partial charge on any atom is 0.407 e. The predicted octanol–water partition coefficient (Wildman–Crippen LogP) is 7.42. The second-order valence-electron chi connectivity index (χ2n) is 12.9. The number of fused-ring (bicyclic) bond motifs is 6. The van der Waals surface area contributed by atoms with Crippen molar-refractivity contribution >= 4 is 45.8 Å². The number of imidazole rings is 1. The number of nitrogens with one attached hydrogen (secondary N) is 2. The van der Waals surface area contributed by atoms with Gasteiger partial charge in [-0.2, -0.15) is 0 Å². The molecule has 0 saturated carbocycles. The molecule has 1 aliphatic carbocycles. The number of H-pyrrole nitrogens is 1. The second-order valence-corrected chi connectivity index (χ2v) is 14.5. The van der Waals surface area contributed by atoms with E-state index in [2.05, 4.69) is 15.3 Å². The molecule has 48 heavy (non-hydrogen) atoms. The molecule has 10 nitrogen and oxygen atoms in total. The molecule has 1 unspecified atom stereocenters. The lowest BCUT2D eigenvalue weighted by Crippen LogP contribution is -2.51. The molecule has 248 valence electrons. The normalized spacial score (nSPS) is 18.8. The smallest absolute Gasteiger partial charge is 0.407 e. The summed E-state index contributed by atoms with van der Waals surface area (Å²) < 4.78 is 29.7. The summed E-state index contributed by atoms with van der Waals surface area (Å²) in [6.45, 7) is 4.29. The van der Waals surface area contributed by atoms with Crippen molar-refractivity contribution in [1.29, 1.82) is 0 Å². The fraction of sp³-hybridized carbons (Fsp3) is 0.371. The summed E-state index contributed by atoms with van der Waals surface area (Å²) >= 11 is 8.02. The van der Waals surface area contributed by atoms with Crippen molar-refractivity contribution in [2.45, 2.75) is 64.3 Å². The monoisotopic (exact) mass is 688 g/mol. The number of alkyl carbamates (subject to hydrolysis) is 1. The lowest BCUT2D eigenvalue weighted by molar-refractivity contribution is -0.135. The minimum Gasteiger partial charge on any atom is -0.462 e. The summed E-state index contributed by atoms with van der Waals surface area (Å²) in [7, 11) is 1.27. The van der Waals surface area contributed by atoms with Crippen molar-refractivity contribution in [3.8, 4) is 28.3 Å². The Labute approximate surface area is 285 Å². The van der Waals surface area contributed by atoms with Crippen LogP contribution in [0, 0.1) is 11.7 Å². The number of hydrogen-bond acceptors (Lipinski definition) is 7. The number of halogens is 2. The third-order valence-electron chi connectivity index (χ3n) is 9.56. The van der Waals surface area contributed by atoms with Gasteiger partial charge in [0.05, 0.1) is 47.5 Å². The molecular formula is C35H34ClFN6O4S. The van der Waals surface area contributed by atoms with Gasteiger partial charge in [-0.25, -0.2) is 19.2 Å². The van der Waals surface area contributed by atoms with Crippen molar-refractivity contribution in [2.24, 2.45) is 5.92 Å². The van der Waals surface area contributed by atoms with Crippen LogP contribution in [0.25, 0.3) is 33.4 Å². The number of thiazole rings is 1. The SMILES string of the molecule is COC(=O)N[C@H](C(=O)N1CCC[C@H]1c1ncc(-c2cc(F)c3c(c2)OC(c2nc4c(s2)CCC4)n2c-3cc3cc(Cl)ccc32)[nH]1)C(C)C. The third-order valence-corrected chi connectivity index (χ3v) is 11.0. The van der Waals surface area contributed by atoms with E-state index < -0.39 is 24.2 Å². The Bertz CT molecular complexity index is 2070. The van der Waals surface area contributed by atoms with Gasteiger partial charge in [-0.15, -0.1) is 11.3 Å². The molecular weight excluding hydrogens is 655 g/mol. The Hall–Kier alpha value is -4.42. The Morgan fingerprint density at radius 3 is 2.83 bits per heavy atom. The number of rotatable bonds is 6. The number of hydrogen-bond donors (Lipinski definition) is 2. The van der Waals surface area contributed by atoms with Gasteiger partial charge in [0, 0.05) is 27.4 Å². The van der Waals surface area contributed by atoms with Crippen LogP contribution in [0.5, 0.6) is 5.75 Å². The number of ether oxygens (including phenoxy) is 2. The lowest BCUT2D eigenvalue weighted by Gasteiger charge is -2.30. The van der Waals surface area contributed by atoms with E-state index in [0.717, 1.165) is 47.3 Å². The lowest BCUT2D eigenvalue weighted by atomic mass is 10.0. The molecule has 5 heterocycles. The summed E-state index contributed by atoms with van der Waals surface area (Å²) in [4.78, 5) is 41.6. The van der Waals surface area contributed by atoms with Crippen LogP contribution in [0.3, 0.4) is 0 Å². The molecule has 1 saturated heterocycles. The zero-order valence-electron chi connectivity index (χ0n) is 26.7. The summed E-state index contributed by atoms with van der Waals surface area (Å²) in [5.41, 5.74) is 4.25. The molecule has 3 aromatic heterocycles. The second kappa shape index (κ2) is 11.9. The topological polar surface area (TPSA) is 114 Å². The van der Waals surface area contributed by atoms with Crippen LogP contribution in [-0.2, 0) is 22.4 Å². The first-order valence-corrected chi connectivity index (χ1v) is 17.4. The fourth-order valence-electron chi connectivity index (χ4n) is 7.23. The van der Waals surface area contributed by atoms with Gasteiger partial charge in [-0.1, -0.05) is 25.4 Å². The van der Waals surface area contributed by atoms with Gasteiger partial charge < -0.3 is 24.7 Å². The maximum absolute atomic E-state index is 16.3. The summed E-state index contributed by atoms with van der Waals surface area (Å²) in [6.07, 6.45) is 5.00. The average Bonchev–Trinajstić information content (AvgIpc) is 3.89. The number of amides is 2. The fourth-order valence-corrected chi connectivity index (χ4v) is 8.58. The molecule has 0 bridgehead atoms. The first-order chi connectivity index (χ1) is 23.2. The number of nitrogens with zero attached hydrogens (tertiary/aromatic N) is 4. The highest BCUT2D eigenvalue weighted by molar-refractivity contribution is 7.11. The van der Waals surface area contributed by atoms with E-state index >= 15 is 4.39 Å². The Morgan fingerprint density at radius 2 is 2.04 bits per heavy atom. The number of aryl methyl sites for hydroxylation is 2. The molecule has 0 spiro atoms. The van der Waals surface area contributed by atoms with Crippen molar-refractivity contribution in [2.75, 3.05) is 13.7 Å². The highest BCUT2D eigenvalue weighted by Crippen LogP contribution is 2.48. The Kier molecular flexibility index (Phi) is 7.67. The van der Waals surface area contributed by atoms with Gasteiger partial charge in [-0.3, -0.25) is 9.36 Å². The van der Waals surface area contributed by atoms with Crippen LogP contribution >= 0.6 is 22.9 Å². The number of likely N-dealkylation sites (tertiary alicyclic amines) is 1. The first-order valence-electron chi connectivity index (χ1n) is 16.2. The van der Waals surface area contributed by atoms with Crippen molar-refractivity contribution in [3.05, 3.63) is 74.8 Å². The van der Waals surface area contributed by atoms with Gasteiger partial charge in [0.2, 0.25) is 12.1 Å². The van der Waals surface area contributed by atoms with E-state index in [-0.39, 0.29) is 17.9 Å². The standard InChI is InChI=1S/C35H34ClFN6O4S/c1-17(2)30(41-35(45)46-3)33(44)42-11-5-7-25(42)31-38-16-23(39-31)18-13-21(37)29-26-14-19-12-20(36)9-10-24(19)43(26)34(47-27(29)15-18)32-40-22-6-4-8-28(22)48-32/h9-10,12-17,25,30,34H,4-8,11H2,1-3H3,(H,38,39)(H,41,45)/t25-,30-,34?/m0/s1. The zero-order valence-corrected chi connectivity index (χ0v) is 28.3. The first kappa shape index (κ1) is 30.9. The molecule has 1 fully saturated rings. The predicted molar refractivity (Wildman–Crippen MR) is 181 cm³/mol. The molecule has 2 aromatic carbocycles. The molecule has 13 heteroatoms. The number of carbonyl (C=O) groups is 2.